The molecule has 0 spiro atoms. The molecule has 0 aromatic carbocycles. The monoisotopic (exact) mass is 301 g/mol. The lowest BCUT2D eigenvalue weighted by atomic mass is 10.0. The van der Waals surface area contributed by atoms with E-state index in [1.807, 2.05) is 18.7 Å². The van der Waals surface area contributed by atoms with Crippen LogP contribution in [0.2, 0.25) is 5.02 Å². The van der Waals surface area contributed by atoms with Gasteiger partial charge in [-0.2, -0.15) is 5.10 Å². The smallest absolute Gasteiger partial charge is 0.0847 e. The number of ether oxygens (including phenoxy) is 1. The van der Waals surface area contributed by atoms with E-state index in [9.17, 15) is 0 Å². The van der Waals surface area contributed by atoms with Crippen LogP contribution in [0.25, 0.3) is 0 Å². The number of nitrogens with zero attached hydrogens (tertiary/aromatic N) is 2. The fourth-order valence-electron chi connectivity index (χ4n) is 2.31. The topological polar surface area (TPSA) is 39.1 Å². The molecule has 0 amide bonds. The lowest BCUT2D eigenvalue weighted by molar-refractivity contribution is 0.106. The maximum Gasteiger partial charge on any atom is 0.0847 e. The van der Waals surface area contributed by atoms with E-state index in [-0.39, 0.29) is 0 Å². The zero-order valence-corrected chi connectivity index (χ0v) is 14.1. The van der Waals surface area contributed by atoms with Gasteiger partial charge < -0.3 is 10.1 Å². The highest BCUT2D eigenvalue weighted by Gasteiger charge is 2.17. The molecule has 1 heterocycles. The van der Waals surface area contributed by atoms with Gasteiger partial charge in [-0.15, -0.1) is 0 Å². The summed E-state index contributed by atoms with van der Waals surface area (Å²) in [6.45, 7) is 7.27. The zero-order valence-electron chi connectivity index (χ0n) is 13.4. The van der Waals surface area contributed by atoms with Crippen molar-refractivity contribution < 1.29 is 4.74 Å². The highest BCUT2D eigenvalue weighted by atomic mass is 35.5. The number of halogens is 1. The van der Waals surface area contributed by atoms with E-state index in [0.29, 0.717) is 12.1 Å². The van der Waals surface area contributed by atoms with Crippen molar-refractivity contribution in [2.24, 2.45) is 7.05 Å². The normalized spacial score (nSPS) is 14.5. The van der Waals surface area contributed by atoms with Crippen LogP contribution in [0.1, 0.15) is 44.5 Å². The van der Waals surface area contributed by atoms with E-state index >= 15 is 0 Å². The third-order valence-electron chi connectivity index (χ3n) is 3.71. The first-order chi connectivity index (χ1) is 9.49. The molecule has 0 saturated carbocycles. The predicted molar refractivity (Wildman–Crippen MR) is 84.4 cm³/mol. The molecule has 1 N–H and O–H groups in total. The molecule has 0 aliphatic heterocycles. The van der Waals surface area contributed by atoms with Crippen molar-refractivity contribution >= 4 is 11.6 Å². The number of aryl methyl sites for hydroxylation is 2. The number of hydrogen-bond acceptors (Lipinski definition) is 3. The summed E-state index contributed by atoms with van der Waals surface area (Å²) in [6.07, 6.45) is 4.47. The molecule has 20 heavy (non-hydrogen) atoms. The predicted octanol–water partition coefficient (Wildman–Crippen LogP) is 3.11. The van der Waals surface area contributed by atoms with Crippen molar-refractivity contribution in [1.82, 2.24) is 15.1 Å². The largest absolute Gasteiger partial charge is 0.382 e. The molecule has 1 aromatic rings. The van der Waals surface area contributed by atoms with Crippen molar-refractivity contribution in [2.45, 2.75) is 58.6 Å². The van der Waals surface area contributed by atoms with Gasteiger partial charge in [0.15, 0.2) is 0 Å². The highest BCUT2D eigenvalue weighted by Crippen LogP contribution is 2.22. The average Bonchev–Trinajstić information content (AvgIpc) is 2.67. The Labute approximate surface area is 127 Å². The second-order valence-electron chi connectivity index (χ2n) is 5.45. The minimum absolute atomic E-state index is 0.296. The summed E-state index contributed by atoms with van der Waals surface area (Å²) in [5.74, 6) is 0. The molecule has 116 valence electrons. The van der Waals surface area contributed by atoms with Crippen molar-refractivity contribution in [3.8, 4) is 0 Å². The number of methoxy groups -OCH3 is 1. The fourth-order valence-corrected chi connectivity index (χ4v) is 2.55. The molecule has 0 fully saturated rings. The van der Waals surface area contributed by atoms with Crippen LogP contribution in [-0.4, -0.2) is 35.6 Å². The van der Waals surface area contributed by atoms with Crippen LogP contribution in [0.15, 0.2) is 0 Å². The maximum absolute atomic E-state index is 6.35. The fraction of sp³-hybridized carbons (Fsp3) is 0.800. The summed E-state index contributed by atoms with van der Waals surface area (Å²) in [5, 5.41) is 8.79. The third kappa shape index (κ3) is 5.08. The Bertz CT molecular complexity index is 406. The van der Waals surface area contributed by atoms with Gasteiger partial charge >= 0.3 is 0 Å². The summed E-state index contributed by atoms with van der Waals surface area (Å²) >= 11 is 6.35. The summed E-state index contributed by atoms with van der Waals surface area (Å²) < 4.78 is 7.24. The first-order valence-corrected chi connectivity index (χ1v) is 7.81. The van der Waals surface area contributed by atoms with Gasteiger partial charge in [0.1, 0.15) is 0 Å². The van der Waals surface area contributed by atoms with E-state index in [1.54, 1.807) is 7.11 Å². The van der Waals surface area contributed by atoms with Crippen LogP contribution in [0.3, 0.4) is 0 Å². The van der Waals surface area contributed by atoms with Gasteiger partial charge in [0.2, 0.25) is 0 Å². The lowest BCUT2D eigenvalue weighted by Crippen LogP contribution is -2.33. The van der Waals surface area contributed by atoms with Crippen molar-refractivity contribution in [1.29, 1.82) is 0 Å². The average molecular weight is 302 g/mol. The molecule has 0 aliphatic rings. The van der Waals surface area contributed by atoms with Gasteiger partial charge in [-0.25, -0.2) is 0 Å². The van der Waals surface area contributed by atoms with Gasteiger partial charge in [-0.05, 0) is 39.7 Å². The van der Waals surface area contributed by atoms with Crippen molar-refractivity contribution in [3.63, 3.8) is 0 Å². The van der Waals surface area contributed by atoms with Gasteiger partial charge in [-0.3, -0.25) is 4.68 Å². The summed E-state index contributed by atoms with van der Waals surface area (Å²) in [4.78, 5) is 0. The van der Waals surface area contributed by atoms with Gasteiger partial charge in [0.25, 0.3) is 0 Å². The first-order valence-electron chi connectivity index (χ1n) is 7.43. The minimum Gasteiger partial charge on any atom is -0.382 e. The van der Waals surface area contributed by atoms with Crippen LogP contribution in [0.5, 0.6) is 0 Å². The molecule has 0 saturated heterocycles. The number of aromatic nitrogens is 2. The molecule has 0 radical (unpaired) electrons. The minimum atomic E-state index is 0.296. The van der Waals surface area contributed by atoms with E-state index in [4.69, 9.17) is 16.3 Å². The van der Waals surface area contributed by atoms with E-state index in [0.717, 1.165) is 48.6 Å². The second-order valence-corrected chi connectivity index (χ2v) is 5.83. The standard InChI is InChI=1S/C15H28ClN3O/c1-6-9-17-13(8-7-11(2)20-5)10-14-15(16)12(3)18-19(14)4/h11,13,17H,6-10H2,1-5H3. The third-order valence-corrected chi connectivity index (χ3v) is 4.20. The molecule has 1 rings (SSSR count). The molecule has 2 atom stereocenters. The molecule has 4 nitrogen and oxygen atoms in total. The lowest BCUT2D eigenvalue weighted by Gasteiger charge is -2.20. The zero-order chi connectivity index (χ0) is 15.1. The van der Waals surface area contributed by atoms with Gasteiger partial charge in [0, 0.05) is 26.6 Å². The highest BCUT2D eigenvalue weighted by molar-refractivity contribution is 6.31. The Balaban J connectivity index is 2.67. The number of nitrogens with one attached hydrogen (secondary N) is 1. The maximum atomic E-state index is 6.35. The Hall–Kier alpha value is -0.580. The Morgan fingerprint density at radius 1 is 1.40 bits per heavy atom. The Morgan fingerprint density at radius 3 is 2.60 bits per heavy atom. The molecule has 0 aliphatic carbocycles. The molecule has 5 heteroatoms. The molecule has 0 bridgehead atoms. The van der Waals surface area contributed by atoms with E-state index in [1.165, 1.54) is 0 Å². The van der Waals surface area contributed by atoms with Crippen LogP contribution >= 0.6 is 11.6 Å². The molecular weight excluding hydrogens is 274 g/mol. The quantitative estimate of drug-likeness (QED) is 0.762. The Morgan fingerprint density at radius 2 is 2.10 bits per heavy atom. The van der Waals surface area contributed by atoms with E-state index < -0.39 is 0 Å². The van der Waals surface area contributed by atoms with Crippen LogP contribution in [-0.2, 0) is 18.2 Å². The summed E-state index contributed by atoms with van der Waals surface area (Å²) in [6, 6.07) is 0.417. The second kappa shape index (κ2) is 8.65. The SMILES string of the molecule is CCCNC(CCC(C)OC)Cc1c(Cl)c(C)nn1C. The van der Waals surface area contributed by atoms with Crippen LogP contribution < -0.4 is 5.32 Å². The Kier molecular flexibility index (Phi) is 7.56. The van der Waals surface area contributed by atoms with Gasteiger partial charge in [0.05, 0.1) is 22.5 Å². The summed E-state index contributed by atoms with van der Waals surface area (Å²) in [7, 11) is 3.73. The molecular formula is C15H28ClN3O. The van der Waals surface area contributed by atoms with E-state index in [2.05, 4.69) is 24.3 Å². The summed E-state index contributed by atoms with van der Waals surface area (Å²) in [5.41, 5.74) is 2.02. The molecule has 2 unspecified atom stereocenters. The first kappa shape index (κ1) is 17.5. The van der Waals surface area contributed by atoms with Crippen molar-refractivity contribution in [3.05, 3.63) is 16.4 Å². The van der Waals surface area contributed by atoms with Gasteiger partial charge in [-0.1, -0.05) is 18.5 Å². The van der Waals surface area contributed by atoms with Crippen molar-refractivity contribution in [2.75, 3.05) is 13.7 Å². The van der Waals surface area contributed by atoms with Crippen LogP contribution in [0, 0.1) is 6.92 Å². The number of hydrogen-bond donors (Lipinski definition) is 1. The van der Waals surface area contributed by atoms with Crippen LogP contribution in [0.4, 0.5) is 0 Å². The number of rotatable bonds is 9. The molecule has 1 aromatic heterocycles.